The molecule has 18 heavy (non-hydrogen) atoms. The topological polar surface area (TPSA) is 72.0 Å². The zero-order chi connectivity index (χ0) is 13.2. The number of rotatable bonds is 3. The molecule has 0 amide bonds. The first-order chi connectivity index (χ1) is 8.49. The molecule has 0 aliphatic carbocycles. The molecule has 0 spiro atoms. The van der Waals surface area contributed by atoms with Crippen molar-refractivity contribution in [2.45, 2.75) is 4.90 Å². The number of hydrogen-bond donors (Lipinski definition) is 1. The van der Waals surface area contributed by atoms with Crippen LogP contribution in [0.25, 0.3) is 0 Å². The number of nitrogens with one attached hydrogen (secondary N) is 1. The summed E-state index contributed by atoms with van der Waals surface area (Å²) in [6, 6.07) is 4.78. The molecule has 0 saturated heterocycles. The van der Waals surface area contributed by atoms with Crippen LogP contribution in [0.5, 0.6) is 0 Å². The van der Waals surface area contributed by atoms with Gasteiger partial charge < -0.3 is 0 Å². The van der Waals surface area contributed by atoms with Crippen LogP contribution in [-0.2, 0) is 10.0 Å². The first-order valence-corrected chi connectivity index (χ1v) is 6.60. The van der Waals surface area contributed by atoms with Gasteiger partial charge in [0.25, 0.3) is 10.0 Å². The minimum atomic E-state index is -4.10. The molecule has 0 fully saturated rings. The van der Waals surface area contributed by atoms with Crippen molar-refractivity contribution in [3.63, 3.8) is 0 Å². The molecule has 8 heteroatoms. The Balaban J connectivity index is 2.40. The van der Waals surface area contributed by atoms with E-state index in [2.05, 4.69) is 14.7 Å². The van der Waals surface area contributed by atoms with Crippen molar-refractivity contribution in [3.8, 4) is 0 Å². The Bertz CT molecular complexity index is 664. The second-order valence-corrected chi connectivity index (χ2v) is 5.34. The van der Waals surface area contributed by atoms with Crippen molar-refractivity contribution in [1.82, 2.24) is 9.97 Å². The van der Waals surface area contributed by atoms with Gasteiger partial charge in [-0.3, -0.25) is 0 Å². The van der Waals surface area contributed by atoms with E-state index in [1.54, 1.807) is 0 Å². The Labute approximate surface area is 108 Å². The molecule has 1 heterocycles. The summed E-state index contributed by atoms with van der Waals surface area (Å²) in [5.41, 5.74) is 0. The first-order valence-electron chi connectivity index (χ1n) is 4.74. The SMILES string of the molecule is O=S(=O)(Nc1ncccn1)c1cc(Cl)ccc1F. The van der Waals surface area contributed by atoms with Crippen molar-refractivity contribution < 1.29 is 12.8 Å². The summed E-state index contributed by atoms with van der Waals surface area (Å²) < 4.78 is 39.3. The number of hydrogen-bond acceptors (Lipinski definition) is 4. The molecule has 1 N–H and O–H groups in total. The summed E-state index contributed by atoms with van der Waals surface area (Å²) in [5.74, 6) is -1.04. The lowest BCUT2D eigenvalue weighted by molar-refractivity contribution is 0.570. The van der Waals surface area contributed by atoms with Crippen molar-refractivity contribution in [2.75, 3.05) is 4.72 Å². The average Bonchev–Trinajstić information content (AvgIpc) is 2.33. The Morgan fingerprint density at radius 1 is 1.22 bits per heavy atom. The van der Waals surface area contributed by atoms with E-state index in [4.69, 9.17) is 11.6 Å². The lowest BCUT2D eigenvalue weighted by Crippen LogP contribution is -2.16. The predicted octanol–water partition coefficient (Wildman–Crippen LogP) is 2.07. The van der Waals surface area contributed by atoms with Crippen molar-refractivity contribution >= 4 is 27.6 Å². The van der Waals surface area contributed by atoms with Crippen LogP contribution in [0.4, 0.5) is 10.3 Å². The van der Waals surface area contributed by atoms with E-state index < -0.39 is 20.7 Å². The third kappa shape index (κ3) is 2.74. The van der Waals surface area contributed by atoms with Crippen LogP contribution in [0, 0.1) is 5.82 Å². The van der Waals surface area contributed by atoms with E-state index in [0.717, 1.165) is 12.1 Å². The molecule has 1 aromatic heterocycles. The summed E-state index contributed by atoms with van der Waals surface area (Å²) in [4.78, 5) is 6.82. The molecular formula is C10H7ClFN3O2S. The second-order valence-electron chi connectivity index (χ2n) is 3.25. The van der Waals surface area contributed by atoms with Crippen LogP contribution in [0.1, 0.15) is 0 Å². The lowest BCUT2D eigenvalue weighted by atomic mass is 10.3. The van der Waals surface area contributed by atoms with Gasteiger partial charge in [-0.15, -0.1) is 0 Å². The van der Waals surface area contributed by atoms with Gasteiger partial charge in [-0.25, -0.2) is 27.5 Å². The van der Waals surface area contributed by atoms with Gasteiger partial charge in [-0.1, -0.05) is 11.6 Å². The van der Waals surface area contributed by atoms with Crippen LogP contribution in [0.2, 0.25) is 5.02 Å². The maximum atomic E-state index is 13.4. The summed E-state index contributed by atoms with van der Waals surface area (Å²) in [7, 11) is -4.10. The molecule has 1 aromatic carbocycles. The van der Waals surface area contributed by atoms with Crippen LogP contribution < -0.4 is 4.72 Å². The van der Waals surface area contributed by atoms with Crippen LogP contribution in [0.3, 0.4) is 0 Å². The van der Waals surface area contributed by atoms with Gasteiger partial charge in [0.05, 0.1) is 0 Å². The standard InChI is InChI=1S/C10H7ClFN3O2S/c11-7-2-3-8(12)9(6-7)18(16,17)15-10-13-4-1-5-14-10/h1-6H,(H,13,14,15). The van der Waals surface area contributed by atoms with E-state index in [1.807, 2.05) is 0 Å². The minimum absolute atomic E-state index is 0.116. The fraction of sp³-hybridized carbons (Fsp3) is 0. The predicted molar refractivity (Wildman–Crippen MR) is 64.3 cm³/mol. The van der Waals surface area contributed by atoms with E-state index in [1.165, 1.54) is 24.5 Å². The number of aromatic nitrogens is 2. The molecule has 0 bridgehead atoms. The largest absolute Gasteiger partial charge is 0.267 e. The fourth-order valence-electron chi connectivity index (χ4n) is 1.21. The monoisotopic (exact) mass is 287 g/mol. The summed E-state index contributed by atoms with van der Waals surface area (Å²) in [6.45, 7) is 0. The van der Waals surface area contributed by atoms with Gasteiger partial charge in [-0.2, -0.15) is 0 Å². The summed E-state index contributed by atoms with van der Waals surface area (Å²) >= 11 is 5.64. The smallest absolute Gasteiger partial charge is 0.247 e. The molecule has 2 rings (SSSR count). The number of benzene rings is 1. The van der Waals surface area contributed by atoms with E-state index in [0.29, 0.717) is 0 Å². The van der Waals surface area contributed by atoms with Crippen molar-refractivity contribution in [2.24, 2.45) is 0 Å². The second kappa shape index (κ2) is 4.87. The molecule has 5 nitrogen and oxygen atoms in total. The highest BCUT2D eigenvalue weighted by Gasteiger charge is 2.20. The van der Waals surface area contributed by atoms with Crippen molar-refractivity contribution in [1.29, 1.82) is 0 Å². The van der Waals surface area contributed by atoms with Crippen LogP contribution >= 0.6 is 11.6 Å². The average molecular weight is 288 g/mol. The highest BCUT2D eigenvalue weighted by molar-refractivity contribution is 7.92. The zero-order valence-electron chi connectivity index (χ0n) is 8.84. The molecule has 0 aliphatic rings. The van der Waals surface area contributed by atoms with Gasteiger partial charge in [-0.05, 0) is 24.3 Å². The highest BCUT2D eigenvalue weighted by atomic mass is 35.5. The van der Waals surface area contributed by atoms with Crippen LogP contribution in [-0.4, -0.2) is 18.4 Å². The molecular weight excluding hydrogens is 281 g/mol. The van der Waals surface area contributed by atoms with Gasteiger partial charge in [0, 0.05) is 17.4 Å². The van der Waals surface area contributed by atoms with Gasteiger partial charge in [0.1, 0.15) is 10.7 Å². The fourth-order valence-corrected chi connectivity index (χ4v) is 2.51. The normalized spacial score (nSPS) is 11.2. The Hall–Kier alpha value is -1.73. The maximum Gasteiger partial charge on any atom is 0.267 e. The molecule has 0 radical (unpaired) electrons. The molecule has 2 aromatic rings. The molecule has 94 valence electrons. The van der Waals surface area contributed by atoms with E-state index >= 15 is 0 Å². The number of anilines is 1. The van der Waals surface area contributed by atoms with Gasteiger partial charge in [0.15, 0.2) is 0 Å². The molecule has 0 saturated carbocycles. The number of nitrogens with zero attached hydrogens (tertiary/aromatic N) is 2. The lowest BCUT2D eigenvalue weighted by Gasteiger charge is -2.07. The Morgan fingerprint density at radius 2 is 1.89 bits per heavy atom. The van der Waals surface area contributed by atoms with Gasteiger partial charge >= 0.3 is 0 Å². The summed E-state index contributed by atoms with van der Waals surface area (Å²) in [6.07, 6.45) is 2.72. The van der Waals surface area contributed by atoms with Gasteiger partial charge in [0.2, 0.25) is 5.95 Å². The first kappa shape index (κ1) is 12.7. The highest BCUT2D eigenvalue weighted by Crippen LogP contribution is 2.20. The summed E-state index contributed by atoms with van der Waals surface area (Å²) in [5, 5.41) is 0.116. The zero-order valence-corrected chi connectivity index (χ0v) is 10.4. The third-order valence-electron chi connectivity index (χ3n) is 1.97. The molecule has 0 atom stereocenters. The molecule has 0 unspecified atom stereocenters. The number of halogens is 2. The van der Waals surface area contributed by atoms with E-state index in [-0.39, 0.29) is 11.0 Å². The Kier molecular flexibility index (Phi) is 3.44. The molecule has 0 aliphatic heterocycles. The Morgan fingerprint density at radius 3 is 2.56 bits per heavy atom. The van der Waals surface area contributed by atoms with Crippen LogP contribution in [0.15, 0.2) is 41.6 Å². The number of sulfonamides is 1. The van der Waals surface area contributed by atoms with E-state index in [9.17, 15) is 12.8 Å². The van der Waals surface area contributed by atoms with Crippen molar-refractivity contribution in [3.05, 3.63) is 47.5 Å². The minimum Gasteiger partial charge on any atom is -0.247 e. The quantitative estimate of drug-likeness (QED) is 0.938. The third-order valence-corrected chi connectivity index (χ3v) is 3.55. The maximum absolute atomic E-state index is 13.4.